The van der Waals surface area contributed by atoms with Gasteiger partial charge in [-0.3, -0.25) is 9.59 Å². The molecule has 1 aliphatic rings. The smallest absolute Gasteiger partial charge is 0.296 e. The van der Waals surface area contributed by atoms with Crippen LogP contribution < -0.4 is 5.32 Å². The first-order valence-corrected chi connectivity index (χ1v) is 6.74. The molecule has 104 valence electrons. The number of nitrogens with one attached hydrogen (secondary N) is 1. The number of carbonyl (C=O) groups is 2. The molecule has 0 spiro atoms. The fourth-order valence-electron chi connectivity index (χ4n) is 2.33. The zero-order chi connectivity index (χ0) is 14.4. The van der Waals surface area contributed by atoms with Crippen molar-refractivity contribution in [2.45, 2.75) is 25.8 Å². The van der Waals surface area contributed by atoms with Gasteiger partial charge in [-0.05, 0) is 24.8 Å². The third-order valence-corrected chi connectivity index (χ3v) is 3.30. The summed E-state index contributed by atoms with van der Waals surface area (Å²) in [5, 5.41) is 2.76. The third-order valence-electron chi connectivity index (χ3n) is 3.30. The van der Waals surface area contributed by atoms with Gasteiger partial charge in [-0.2, -0.15) is 0 Å². The predicted octanol–water partition coefficient (Wildman–Crippen LogP) is 0.969. The SMILES string of the molecule is CC#CC(=O)N[C@H]1CC(=O)N(CCc2ccccc2)C1. The van der Waals surface area contributed by atoms with Crippen molar-refractivity contribution in [1.82, 2.24) is 10.2 Å². The summed E-state index contributed by atoms with van der Waals surface area (Å²) >= 11 is 0. The minimum atomic E-state index is -0.310. The molecular formula is C16H18N2O2. The topological polar surface area (TPSA) is 49.4 Å². The molecule has 0 aliphatic carbocycles. The van der Waals surface area contributed by atoms with Crippen LogP contribution in [0.5, 0.6) is 0 Å². The van der Waals surface area contributed by atoms with E-state index in [1.54, 1.807) is 11.8 Å². The Morgan fingerprint density at radius 1 is 1.40 bits per heavy atom. The molecule has 0 unspecified atom stereocenters. The number of rotatable bonds is 4. The molecule has 1 fully saturated rings. The second-order valence-electron chi connectivity index (χ2n) is 4.82. The van der Waals surface area contributed by atoms with Crippen LogP contribution in [-0.2, 0) is 16.0 Å². The maximum atomic E-state index is 11.9. The molecule has 4 heteroatoms. The largest absolute Gasteiger partial charge is 0.340 e. The van der Waals surface area contributed by atoms with Gasteiger partial charge in [0, 0.05) is 19.5 Å². The van der Waals surface area contributed by atoms with Crippen LogP contribution in [0, 0.1) is 11.8 Å². The molecular weight excluding hydrogens is 252 g/mol. The molecule has 20 heavy (non-hydrogen) atoms. The normalized spacial score (nSPS) is 17.6. The summed E-state index contributed by atoms with van der Waals surface area (Å²) in [5.41, 5.74) is 1.21. The van der Waals surface area contributed by atoms with Gasteiger partial charge in [0.05, 0.1) is 6.04 Å². The van der Waals surface area contributed by atoms with Gasteiger partial charge in [0.15, 0.2) is 0 Å². The lowest BCUT2D eigenvalue weighted by Gasteiger charge is -2.16. The fraction of sp³-hybridized carbons (Fsp3) is 0.375. The molecule has 0 bridgehead atoms. The fourth-order valence-corrected chi connectivity index (χ4v) is 2.33. The Kier molecular flexibility index (Phi) is 4.78. The van der Waals surface area contributed by atoms with Crippen molar-refractivity contribution in [3.63, 3.8) is 0 Å². The summed E-state index contributed by atoms with van der Waals surface area (Å²) in [7, 11) is 0. The number of benzene rings is 1. The lowest BCUT2D eigenvalue weighted by Crippen LogP contribution is -2.36. The van der Waals surface area contributed by atoms with Crippen LogP contribution in [-0.4, -0.2) is 35.8 Å². The third kappa shape index (κ3) is 3.86. The van der Waals surface area contributed by atoms with Crippen LogP contribution in [0.15, 0.2) is 30.3 Å². The van der Waals surface area contributed by atoms with Crippen molar-refractivity contribution in [3.8, 4) is 11.8 Å². The van der Waals surface area contributed by atoms with E-state index in [1.807, 2.05) is 18.2 Å². The van der Waals surface area contributed by atoms with E-state index in [4.69, 9.17) is 0 Å². The van der Waals surface area contributed by atoms with Gasteiger partial charge in [0.2, 0.25) is 5.91 Å². The standard InChI is InChI=1S/C16H18N2O2/c1-2-6-15(19)17-14-11-16(20)18(12-14)10-9-13-7-4-3-5-8-13/h3-5,7-8,14H,9-12H2,1H3,(H,17,19)/t14-/m0/s1. The zero-order valence-electron chi connectivity index (χ0n) is 11.6. The van der Waals surface area contributed by atoms with Crippen LogP contribution in [0.1, 0.15) is 18.9 Å². The second-order valence-corrected chi connectivity index (χ2v) is 4.82. The number of hydrogen-bond acceptors (Lipinski definition) is 2. The highest BCUT2D eigenvalue weighted by Crippen LogP contribution is 2.12. The molecule has 1 aromatic carbocycles. The number of likely N-dealkylation sites (tertiary alicyclic amines) is 1. The molecule has 4 nitrogen and oxygen atoms in total. The van der Waals surface area contributed by atoms with Crippen LogP contribution >= 0.6 is 0 Å². The minimum absolute atomic E-state index is 0.0932. The molecule has 0 radical (unpaired) electrons. The highest BCUT2D eigenvalue weighted by molar-refractivity contribution is 5.94. The molecule has 1 heterocycles. The summed E-state index contributed by atoms with van der Waals surface area (Å²) in [6.45, 7) is 2.88. The molecule has 2 amide bonds. The summed E-state index contributed by atoms with van der Waals surface area (Å²) < 4.78 is 0. The van der Waals surface area contributed by atoms with Gasteiger partial charge in [0.25, 0.3) is 5.91 Å². The van der Waals surface area contributed by atoms with E-state index < -0.39 is 0 Å². The van der Waals surface area contributed by atoms with Crippen molar-refractivity contribution in [2.24, 2.45) is 0 Å². The summed E-state index contributed by atoms with van der Waals surface area (Å²) in [5.74, 6) is 4.76. The summed E-state index contributed by atoms with van der Waals surface area (Å²) in [6.07, 6.45) is 1.20. The molecule has 1 N–H and O–H groups in total. The second kappa shape index (κ2) is 6.76. The highest BCUT2D eigenvalue weighted by Gasteiger charge is 2.29. The van der Waals surface area contributed by atoms with Gasteiger partial charge in [0.1, 0.15) is 0 Å². The molecule has 1 aliphatic heterocycles. The lowest BCUT2D eigenvalue weighted by atomic mass is 10.1. The van der Waals surface area contributed by atoms with Crippen molar-refractivity contribution >= 4 is 11.8 Å². The first-order valence-electron chi connectivity index (χ1n) is 6.74. The Labute approximate surface area is 119 Å². The van der Waals surface area contributed by atoms with Gasteiger partial charge in [-0.25, -0.2) is 0 Å². The van der Waals surface area contributed by atoms with E-state index in [9.17, 15) is 9.59 Å². The van der Waals surface area contributed by atoms with E-state index in [2.05, 4.69) is 29.3 Å². The van der Waals surface area contributed by atoms with Crippen molar-refractivity contribution in [2.75, 3.05) is 13.1 Å². The van der Waals surface area contributed by atoms with Gasteiger partial charge >= 0.3 is 0 Å². The Bertz CT molecular complexity index is 543. The summed E-state index contributed by atoms with van der Waals surface area (Å²) in [4.78, 5) is 25.1. The predicted molar refractivity (Wildman–Crippen MR) is 76.7 cm³/mol. The van der Waals surface area contributed by atoms with E-state index in [0.29, 0.717) is 19.5 Å². The molecule has 1 atom stereocenters. The van der Waals surface area contributed by atoms with E-state index in [1.165, 1.54) is 5.56 Å². The highest BCUT2D eigenvalue weighted by atomic mass is 16.2. The Morgan fingerprint density at radius 3 is 2.85 bits per heavy atom. The zero-order valence-corrected chi connectivity index (χ0v) is 11.6. The van der Waals surface area contributed by atoms with Gasteiger partial charge in [-0.15, -0.1) is 0 Å². The lowest BCUT2D eigenvalue weighted by molar-refractivity contribution is -0.127. The molecule has 1 saturated heterocycles. The van der Waals surface area contributed by atoms with E-state index in [-0.39, 0.29) is 17.9 Å². The maximum Gasteiger partial charge on any atom is 0.296 e. The number of amides is 2. The van der Waals surface area contributed by atoms with Crippen LogP contribution in [0.2, 0.25) is 0 Å². The van der Waals surface area contributed by atoms with Crippen molar-refractivity contribution in [3.05, 3.63) is 35.9 Å². The maximum absolute atomic E-state index is 11.9. The number of nitrogens with zero attached hydrogens (tertiary/aromatic N) is 1. The summed E-state index contributed by atoms with van der Waals surface area (Å²) in [6, 6.07) is 9.95. The Balaban J connectivity index is 1.83. The van der Waals surface area contributed by atoms with E-state index in [0.717, 1.165) is 6.42 Å². The van der Waals surface area contributed by atoms with Gasteiger partial charge < -0.3 is 10.2 Å². The Hall–Kier alpha value is -2.28. The van der Waals surface area contributed by atoms with Crippen molar-refractivity contribution in [1.29, 1.82) is 0 Å². The quantitative estimate of drug-likeness (QED) is 0.829. The van der Waals surface area contributed by atoms with Crippen LogP contribution in [0.3, 0.4) is 0 Å². The first kappa shape index (κ1) is 14.1. The van der Waals surface area contributed by atoms with Crippen LogP contribution in [0.25, 0.3) is 0 Å². The molecule has 0 aromatic heterocycles. The molecule has 1 aromatic rings. The monoisotopic (exact) mass is 270 g/mol. The van der Waals surface area contributed by atoms with E-state index >= 15 is 0 Å². The minimum Gasteiger partial charge on any atom is -0.340 e. The molecule has 0 saturated carbocycles. The number of carbonyl (C=O) groups excluding carboxylic acids is 2. The first-order chi connectivity index (χ1) is 9.69. The van der Waals surface area contributed by atoms with Crippen molar-refractivity contribution < 1.29 is 9.59 Å². The Morgan fingerprint density at radius 2 is 2.15 bits per heavy atom. The molecule has 2 rings (SSSR count). The van der Waals surface area contributed by atoms with Crippen LogP contribution in [0.4, 0.5) is 0 Å². The average Bonchev–Trinajstić information content (AvgIpc) is 2.78. The average molecular weight is 270 g/mol. The van der Waals surface area contributed by atoms with Gasteiger partial charge in [-0.1, -0.05) is 36.3 Å². The number of hydrogen-bond donors (Lipinski definition) is 1.